The van der Waals surface area contributed by atoms with Gasteiger partial charge in [0, 0.05) is 18.7 Å². The summed E-state index contributed by atoms with van der Waals surface area (Å²) in [5.74, 6) is 0. The first-order chi connectivity index (χ1) is 8.90. The standard InChI is InChI=1S/C16H16N2/c17-12-6-10-15-9-4-5-11-16(15)18-13-14-7-2-1-3-8-14/h1-5,7-9,11,18H,6,10,13H2. The highest BCUT2D eigenvalue weighted by molar-refractivity contribution is 5.51. The normalized spacial score (nSPS) is 9.72. The highest BCUT2D eigenvalue weighted by Crippen LogP contribution is 2.17. The van der Waals surface area contributed by atoms with E-state index >= 15 is 0 Å². The fourth-order valence-corrected chi connectivity index (χ4v) is 1.89. The van der Waals surface area contributed by atoms with Crippen LogP contribution >= 0.6 is 0 Å². The number of para-hydroxylation sites is 1. The van der Waals surface area contributed by atoms with E-state index in [1.807, 2.05) is 30.3 Å². The molecule has 1 N–H and O–H groups in total. The number of hydrogen-bond donors (Lipinski definition) is 1. The van der Waals surface area contributed by atoms with E-state index in [4.69, 9.17) is 5.26 Å². The quantitative estimate of drug-likeness (QED) is 0.858. The van der Waals surface area contributed by atoms with Crippen molar-refractivity contribution in [1.29, 1.82) is 5.26 Å². The van der Waals surface area contributed by atoms with E-state index in [0.717, 1.165) is 18.7 Å². The van der Waals surface area contributed by atoms with Crippen LogP contribution in [0.4, 0.5) is 5.69 Å². The van der Waals surface area contributed by atoms with E-state index < -0.39 is 0 Å². The third-order valence-corrected chi connectivity index (χ3v) is 2.85. The topological polar surface area (TPSA) is 35.8 Å². The molecule has 2 rings (SSSR count). The van der Waals surface area contributed by atoms with Crippen LogP contribution in [0, 0.1) is 11.3 Å². The monoisotopic (exact) mass is 236 g/mol. The van der Waals surface area contributed by atoms with Crippen molar-refractivity contribution < 1.29 is 0 Å². The van der Waals surface area contributed by atoms with E-state index in [-0.39, 0.29) is 0 Å². The van der Waals surface area contributed by atoms with Crippen LogP contribution in [0.15, 0.2) is 54.6 Å². The zero-order valence-electron chi connectivity index (χ0n) is 10.3. The molecule has 18 heavy (non-hydrogen) atoms. The molecule has 0 spiro atoms. The van der Waals surface area contributed by atoms with Crippen LogP contribution in [0.1, 0.15) is 17.5 Å². The van der Waals surface area contributed by atoms with Gasteiger partial charge in [-0.3, -0.25) is 0 Å². The van der Waals surface area contributed by atoms with Crippen LogP contribution in [0.2, 0.25) is 0 Å². The van der Waals surface area contributed by atoms with Gasteiger partial charge in [0.15, 0.2) is 0 Å². The molecule has 2 aromatic carbocycles. The van der Waals surface area contributed by atoms with Gasteiger partial charge >= 0.3 is 0 Å². The van der Waals surface area contributed by atoms with Gasteiger partial charge < -0.3 is 5.32 Å². The molecule has 0 unspecified atom stereocenters. The number of rotatable bonds is 5. The second kappa shape index (κ2) is 6.46. The Morgan fingerprint density at radius 1 is 0.944 bits per heavy atom. The summed E-state index contributed by atoms with van der Waals surface area (Å²) < 4.78 is 0. The molecule has 0 aliphatic rings. The van der Waals surface area contributed by atoms with E-state index in [1.165, 1.54) is 11.1 Å². The number of nitrogens with one attached hydrogen (secondary N) is 1. The molecule has 0 saturated heterocycles. The molecule has 2 nitrogen and oxygen atoms in total. The van der Waals surface area contributed by atoms with Gasteiger partial charge in [-0.05, 0) is 23.6 Å². The van der Waals surface area contributed by atoms with Crippen molar-refractivity contribution in [3.63, 3.8) is 0 Å². The van der Waals surface area contributed by atoms with Gasteiger partial charge in [0.2, 0.25) is 0 Å². The first-order valence-electron chi connectivity index (χ1n) is 6.13. The third kappa shape index (κ3) is 3.36. The molecule has 90 valence electrons. The van der Waals surface area contributed by atoms with Gasteiger partial charge in [-0.15, -0.1) is 0 Å². The summed E-state index contributed by atoms with van der Waals surface area (Å²) in [4.78, 5) is 0. The van der Waals surface area contributed by atoms with Crippen molar-refractivity contribution in [3.05, 3.63) is 65.7 Å². The Bertz CT molecular complexity index is 526. The van der Waals surface area contributed by atoms with Crippen LogP contribution in [0.25, 0.3) is 0 Å². The maximum absolute atomic E-state index is 8.66. The molecule has 0 bridgehead atoms. The molecule has 0 atom stereocenters. The minimum absolute atomic E-state index is 0.560. The Labute approximate surface area is 108 Å². The smallest absolute Gasteiger partial charge is 0.0625 e. The van der Waals surface area contributed by atoms with Crippen molar-refractivity contribution in [2.45, 2.75) is 19.4 Å². The molecular formula is C16H16N2. The van der Waals surface area contributed by atoms with Crippen molar-refractivity contribution in [3.8, 4) is 6.07 Å². The van der Waals surface area contributed by atoms with Crippen LogP contribution < -0.4 is 5.32 Å². The molecule has 2 heteroatoms. The highest BCUT2D eigenvalue weighted by atomic mass is 14.9. The predicted molar refractivity (Wildman–Crippen MR) is 74.1 cm³/mol. The Balaban J connectivity index is 2.03. The lowest BCUT2D eigenvalue weighted by molar-refractivity contribution is 1.00. The Hall–Kier alpha value is -2.27. The summed E-state index contributed by atoms with van der Waals surface area (Å²) in [6.07, 6.45) is 1.36. The highest BCUT2D eigenvalue weighted by Gasteiger charge is 2.00. The fraction of sp³-hybridized carbons (Fsp3) is 0.188. The average Bonchev–Trinajstić information content (AvgIpc) is 2.45. The first kappa shape index (κ1) is 12.2. The number of nitriles is 1. The predicted octanol–water partition coefficient (Wildman–Crippen LogP) is 3.75. The summed E-state index contributed by atoms with van der Waals surface area (Å²) in [5.41, 5.74) is 3.58. The summed E-state index contributed by atoms with van der Waals surface area (Å²) in [5, 5.41) is 12.1. The lowest BCUT2D eigenvalue weighted by atomic mass is 10.1. The van der Waals surface area contributed by atoms with Crippen LogP contribution in [0.5, 0.6) is 0 Å². The van der Waals surface area contributed by atoms with Gasteiger partial charge in [0.25, 0.3) is 0 Å². The van der Waals surface area contributed by atoms with E-state index in [2.05, 4.69) is 35.7 Å². The summed E-state index contributed by atoms with van der Waals surface area (Å²) in [7, 11) is 0. The number of nitrogens with zero attached hydrogens (tertiary/aromatic N) is 1. The zero-order chi connectivity index (χ0) is 12.6. The van der Waals surface area contributed by atoms with Gasteiger partial charge in [0.1, 0.15) is 0 Å². The van der Waals surface area contributed by atoms with Crippen molar-refractivity contribution in [1.82, 2.24) is 0 Å². The minimum Gasteiger partial charge on any atom is -0.381 e. The lowest BCUT2D eigenvalue weighted by Gasteiger charge is -2.11. The van der Waals surface area contributed by atoms with Crippen molar-refractivity contribution in [2.24, 2.45) is 0 Å². The number of benzene rings is 2. The third-order valence-electron chi connectivity index (χ3n) is 2.85. The molecule has 0 aliphatic carbocycles. The Kier molecular flexibility index (Phi) is 4.38. The number of hydrogen-bond acceptors (Lipinski definition) is 2. The molecule has 0 aliphatic heterocycles. The minimum atomic E-state index is 0.560. The van der Waals surface area contributed by atoms with Gasteiger partial charge in [0.05, 0.1) is 6.07 Å². The second-order valence-corrected chi connectivity index (χ2v) is 4.15. The molecule has 0 saturated carbocycles. The molecule has 0 amide bonds. The second-order valence-electron chi connectivity index (χ2n) is 4.15. The maximum Gasteiger partial charge on any atom is 0.0625 e. The van der Waals surface area contributed by atoms with Crippen molar-refractivity contribution in [2.75, 3.05) is 5.32 Å². The maximum atomic E-state index is 8.66. The largest absolute Gasteiger partial charge is 0.381 e. The van der Waals surface area contributed by atoms with E-state index in [9.17, 15) is 0 Å². The molecule has 0 aromatic heterocycles. The molecule has 2 aromatic rings. The number of anilines is 1. The van der Waals surface area contributed by atoms with E-state index in [1.54, 1.807) is 0 Å². The Morgan fingerprint density at radius 3 is 2.44 bits per heavy atom. The van der Waals surface area contributed by atoms with Crippen molar-refractivity contribution >= 4 is 5.69 Å². The molecule has 0 radical (unpaired) electrons. The van der Waals surface area contributed by atoms with Gasteiger partial charge in [-0.25, -0.2) is 0 Å². The SMILES string of the molecule is N#CCCc1ccccc1NCc1ccccc1. The number of aryl methyl sites for hydroxylation is 1. The average molecular weight is 236 g/mol. The molecule has 0 heterocycles. The van der Waals surface area contributed by atoms with Crippen LogP contribution in [0.3, 0.4) is 0 Å². The first-order valence-corrected chi connectivity index (χ1v) is 6.13. The summed E-state index contributed by atoms with van der Waals surface area (Å²) >= 11 is 0. The van der Waals surface area contributed by atoms with E-state index in [0.29, 0.717) is 6.42 Å². The van der Waals surface area contributed by atoms with Gasteiger partial charge in [-0.1, -0.05) is 48.5 Å². The molecule has 0 fully saturated rings. The summed E-state index contributed by atoms with van der Waals surface area (Å²) in [6.45, 7) is 0.810. The lowest BCUT2D eigenvalue weighted by Crippen LogP contribution is -2.02. The van der Waals surface area contributed by atoms with Gasteiger partial charge in [-0.2, -0.15) is 5.26 Å². The summed E-state index contributed by atoms with van der Waals surface area (Å²) in [6, 6.07) is 20.7. The fourth-order valence-electron chi connectivity index (χ4n) is 1.89. The van der Waals surface area contributed by atoms with Crippen LogP contribution in [-0.4, -0.2) is 0 Å². The zero-order valence-corrected chi connectivity index (χ0v) is 10.3. The molecular weight excluding hydrogens is 220 g/mol. The van der Waals surface area contributed by atoms with Crippen LogP contribution in [-0.2, 0) is 13.0 Å². The Morgan fingerprint density at radius 2 is 1.67 bits per heavy atom.